The molecule has 2 saturated carbocycles. The van der Waals surface area contributed by atoms with Crippen molar-refractivity contribution in [3.63, 3.8) is 0 Å². The van der Waals surface area contributed by atoms with E-state index in [1.54, 1.807) is 0 Å². The second-order valence-corrected chi connectivity index (χ2v) is 15.1. The summed E-state index contributed by atoms with van der Waals surface area (Å²) in [6, 6.07) is 0. The molecule has 6 nitrogen and oxygen atoms in total. The highest BCUT2D eigenvalue weighted by atomic mass is 16.6. The van der Waals surface area contributed by atoms with Gasteiger partial charge in [0.05, 0.1) is 5.60 Å². The first kappa shape index (κ1) is 26.6. The molecule has 0 bridgehead atoms. The van der Waals surface area contributed by atoms with Gasteiger partial charge in [-0.1, -0.05) is 39.8 Å². The van der Waals surface area contributed by atoms with E-state index in [0.717, 1.165) is 38.5 Å². The number of ether oxygens (including phenoxy) is 3. The predicted molar refractivity (Wildman–Crippen MR) is 143 cm³/mol. The fourth-order valence-corrected chi connectivity index (χ4v) is 10.4. The number of rotatable bonds is 2. The topological polar surface area (TPSA) is 82.1 Å². The lowest BCUT2D eigenvalue weighted by Crippen LogP contribution is -2.64. The zero-order chi connectivity index (χ0) is 27.7. The molecule has 6 rings (SSSR count). The van der Waals surface area contributed by atoms with Gasteiger partial charge in [0, 0.05) is 17.8 Å². The van der Waals surface area contributed by atoms with Gasteiger partial charge in [-0.05, 0) is 94.6 Å². The highest BCUT2D eigenvalue weighted by molar-refractivity contribution is 5.87. The first-order valence-electron chi connectivity index (χ1n) is 14.7. The number of aliphatic hydroxyl groups is 1. The molecule has 0 aromatic heterocycles. The molecule has 0 unspecified atom stereocenters. The molecule has 4 fully saturated rings. The lowest BCUT2D eigenvalue weighted by molar-refractivity contribution is -0.201. The minimum Gasteiger partial charge on any atom is -0.462 e. The molecule has 0 radical (unpaired) electrons. The summed E-state index contributed by atoms with van der Waals surface area (Å²) in [7, 11) is 0. The molecule has 6 aliphatic rings. The Balaban J connectivity index is 1.42. The third-order valence-electron chi connectivity index (χ3n) is 12.6. The van der Waals surface area contributed by atoms with Crippen molar-refractivity contribution in [1.29, 1.82) is 0 Å². The molecule has 6 heteroatoms. The maximum atomic E-state index is 14.1. The van der Waals surface area contributed by atoms with Gasteiger partial charge >= 0.3 is 11.9 Å². The Labute approximate surface area is 227 Å². The molecular weight excluding hydrogens is 480 g/mol. The van der Waals surface area contributed by atoms with Crippen LogP contribution >= 0.6 is 0 Å². The monoisotopic (exact) mass is 526 g/mol. The van der Waals surface area contributed by atoms with Gasteiger partial charge in [-0.15, -0.1) is 0 Å². The number of carbonyl (C=O) groups excluding carboxylic acids is 2. The van der Waals surface area contributed by atoms with Crippen LogP contribution in [0, 0.1) is 27.6 Å². The highest BCUT2D eigenvalue weighted by Gasteiger charge is 2.84. The summed E-state index contributed by atoms with van der Waals surface area (Å²) in [4.78, 5) is 26.0. The Morgan fingerprint density at radius 3 is 2.32 bits per heavy atom. The molecule has 38 heavy (non-hydrogen) atoms. The molecule has 0 aromatic carbocycles. The van der Waals surface area contributed by atoms with Crippen LogP contribution in [0.25, 0.3) is 0 Å². The van der Waals surface area contributed by atoms with Gasteiger partial charge in [0.1, 0.15) is 23.2 Å². The zero-order valence-electron chi connectivity index (χ0n) is 24.5. The fourth-order valence-electron chi connectivity index (χ4n) is 10.4. The second-order valence-electron chi connectivity index (χ2n) is 15.1. The summed E-state index contributed by atoms with van der Waals surface area (Å²) >= 11 is 0. The van der Waals surface area contributed by atoms with Gasteiger partial charge in [0.15, 0.2) is 5.60 Å². The van der Waals surface area contributed by atoms with Crippen molar-refractivity contribution >= 4 is 11.9 Å². The van der Waals surface area contributed by atoms with Crippen molar-refractivity contribution in [2.45, 2.75) is 136 Å². The number of allylic oxidation sites excluding steroid dienone is 4. The SMILES string of the molecule is CC(=O)O[C@H]1CC[C@]2(C)C3=CC[C@]45C(=O)O[C@@](C)([C@@H]6CCC(C)(C)O6)[C@@]4(O)CC[C@@]5(C)C3=CC[C@H]2C1(C)C. The molecule has 1 N–H and O–H groups in total. The van der Waals surface area contributed by atoms with E-state index >= 15 is 0 Å². The van der Waals surface area contributed by atoms with Crippen molar-refractivity contribution in [2.75, 3.05) is 0 Å². The van der Waals surface area contributed by atoms with Crippen LogP contribution < -0.4 is 0 Å². The van der Waals surface area contributed by atoms with Crippen molar-refractivity contribution in [3.8, 4) is 0 Å². The van der Waals surface area contributed by atoms with E-state index in [9.17, 15) is 14.7 Å². The summed E-state index contributed by atoms with van der Waals surface area (Å²) in [6.45, 7) is 16.6. The molecule has 210 valence electrons. The standard InChI is InChI=1S/C32H46O6/c1-19(33)36-23-13-15-28(6)20-11-16-31-25(34)38-30(8,24-12-14-26(2,3)37-24)32(31,35)18-17-29(31,7)21(20)9-10-22(28)27(23,4)5/h9,11,22-24,35H,10,12-18H2,1-8H3/t22-,23-,24-,28+,29-,30-,31+,32-/m0/s1. The first-order valence-corrected chi connectivity index (χ1v) is 14.7. The summed E-state index contributed by atoms with van der Waals surface area (Å²) in [6.07, 6.45) is 10.2. The van der Waals surface area contributed by atoms with Crippen LogP contribution in [-0.2, 0) is 23.8 Å². The molecule has 4 aliphatic carbocycles. The lowest BCUT2D eigenvalue weighted by atomic mass is 9.43. The lowest BCUT2D eigenvalue weighted by Gasteiger charge is -2.60. The van der Waals surface area contributed by atoms with Crippen LogP contribution in [0.3, 0.4) is 0 Å². The number of cyclic esters (lactones) is 1. The minimum atomic E-state index is -1.30. The number of carbonyl (C=O) groups is 2. The molecule has 2 aliphatic heterocycles. The number of hydrogen-bond acceptors (Lipinski definition) is 6. The molecule has 2 heterocycles. The average Bonchev–Trinajstić information content (AvgIpc) is 3.36. The van der Waals surface area contributed by atoms with Gasteiger partial charge in [0.25, 0.3) is 0 Å². The van der Waals surface area contributed by atoms with E-state index in [4.69, 9.17) is 14.2 Å². The van der Waals surface area contributed by atoms with Gasteiger partial charge in [-0.2, -0.15) is 0 Å². The Bertz CT molecular complexity index is 1160. The summed E-state index contributed by atoms with van der Waals surface area (Å²) in [5.74, 6) is -0.165. The molecule has 2 saturated heterocycles. The van der Waals surface area contributed by atoms with E-state index < -0.39 is 22.0 Å². The molecule has 0 amide bonds. The van der Waals surface area contributed by atoms with Crippen LogP contribution in [0.15, 0.2) is 23.3 Å². The third-order valence-corrected chi connectivity index (χ3v) is 12.6. The van der Waals surface area contributed by atoms with Crippen LogP contribution in [0.2, 0.25) is 0 Å². The normalized spacial score (nSPS) is 50.1. The third kappa shape index (κ3) is 2.87. The Hall–Kier alpha value is -1.66. The zero-order valence-corrected chi connectivity index (χ0v) is 24.5. The number of fused-ring (bicyclic) bond motifs is 4. The maximum Gasteiger partial charge on any atom is 0.317 e. The van der Waals surface area contributed by atoms with Crippen LogP contribution in [-0.4, -0.2) is 46.1 Å². The first-order chi connectivity index (χ1) is 17.5. The Morgan fingerprint density at radius 2 is 1.68 bits per heavy atom. The van der Waals surface area contributed by atoms with Crippen LogP contribution in [0.4, 0.5) is 0 Å². The maximum absolute atomic E-state index is 14.1. The minimum absolute atomic E-state index is 0.0834. The number of esters is 2. The predicted octanol–water partition coefficient (Wildman–Crippen LogP) is 5.81. The van der Waals surface area contributed by atoms with E-state index in [0.29, 0.717) is 18.8 Å². The average molecular weight is 527 g/mol. The molecule has 0 aromatic rings. The van der Waals surface area contributed by atoms with Crippen molar-refractivity contribution in [2.24, 2.45) is 27.6 Å². The van der Waals surface area contributed by atoms with E-state index in [1.807, 2.05) is 6.92 Å². The summed E-state index contributed by atoms with van der Waals surface area (Å²) in [5, 5.41) is 12.7. The van der Waals surface area contributed by atoms with E-state index in [-0.39, 0.29) is 40.6 Å². The molecular formula is C32H46O6. The Morgan fingerprint density at radius 1 is 0.974 bits per heavy atom. The van der Waals surface area contributed by atoms with Gasteiger partial charge in [-0.3, -0.25) is 9.59 Å². The second kappa shape index (κ2) is 7.54. The van der Waals surface area contributed by atoms with Gasteiger partial charge < -0.3 is 19.3 Å². The highest BCUT2D eigenvalue weighted by Crippen LogP contribution is 2.76. The quantitative estimate of drug-likeness (QED) is 0.457. The van der Waals surface area contributed by atoms with Crippen molar-refractivity contribution < 1.29 is 28.9 Å². The summed E-state index contributed by atoms with van der Waals surface area (Å²) in [5.41, 5.74) is -1.90. The van der Waals surface area contributed by atoms with Crippen LogP contribution in [0.5, 0.6) is 0 Å². The van der Waals surface area contributed by atoms with Gasteiger partial charge in [0.2, 0.25) is 0 Å². The summed E-state index contributed by atoms with van der Waals surface area (Å²) < 4.78 is 18.5. The van der Waals surface area contributed by atoms with Gasteiger partial charge in [-0.25, -0.2) is 0 Å². The van der Waals surface area contributed by atoms with E-state index in [2.05, 4.69) is 53.7 Å². The largest absolute Gasteiger partial charge is 0.462 e. The molecule has 8 atom stereocenters. The Kier molecular flexibility index (Phi) is 5.27. The van der Waals surface area contributed by atoms with Crippen molar-refractivity contribution in [1.82, 2.24) is 0 Å². The molecule has 1 spiro atoms. The van der Waals surface area contributed by atoms with Crippen LogP contribution in [0.1, 0.15) is 107 Å². The van der Waals surface area contributed by atoms with Crippen molar-refractivity contribution in [3.05, 3.63) is 23.3 Å². The fraction of sp³-hybridized carbons (Fsp3) is 0.812. The number of hydrogen-bond donors (Lipinski definition) is 1. The smallest absolute Gasteiger partial charge is 0.317 e. The van der Waals surface area contributed by atoms with E-state index in [1.165, 1.54) is 18.1 Å².